The van der Waals surface area contributed by atoms with E-state index in [4.69, 9.17) is 9.84 Å². The fraction of sp³-hybridized carbons (Fsp3) is 0.385. The molecule has 0 aromatic heterocycles. The average Bonchev–Trinajstić information content (AvgIpc) is 2.43. The number of benzene rings is 1. The fourth-order valence-electron chi connectivity index (χ4n) is 1.60. The van der Waals surface area contributed by atoms with Crippen LogP contribution in [0.3, 0.4) is 0 Å². The molecule has 0 aliphatic rings. The molecular weight excluding hydrogens is 248 g/mol. The second-order valence-corrected chi connectivity index (χ2v) is 3.98. The molecule has 1 rings (SSSR count). The summed E-state index contributed by atoms with van der Waals surface area (Å²) >= 11 is 0. The Labute approximate surface area is 112 Å². The Morgan fingerprint density at radius 1 is 1.42 bits per heavy atom. The van der Waals surface area contributed by atoms with E-state index in [9.17, 15) is 9.59 Å². The van der Waals surface area contributed by atoms with Crippen LogP contribution in [0.25, 0.3) is 0 Å². The average molecular weight is 266 g/mol. The maximum Gasteiger partial charge on any atom is 0.326 e. The van der Waals surface area contributed by atoms with Crippen LogP contribution in [-0.2, 0) is 4.79 Å². The van der Waals surface area contributed by atoms with Gasteiger partial charge in [-0.15, -0.1) is 0 Å². The Kier molecular flexibility index (Phi) is 5.17. The number of methoxy groups -OCH3 is 1. The van der Waals surface area contributed by atoms with E-state index >= 15 is 0 Å². The monoisotopic (exact) mass is 266 g/mol. The van der Waals surface area contributed by atoms with E-state index in [1.807, 2.05) is 0 Å². The van der Waals surface area contributed by atoms with Gasteiger partial charge >= 0.3 is 12.0 Å². The third-order valence-electron chi connectivity index (χ3n) is 2.76. The summed E-state index contributed by atoms with van der Waals surface area (Å²) in [6, 6.07) is 5.63. The summed E-state index contributed by atoms with van der Waals surface area (Å²) in [6.07, 6.45) is 0.320. The number of para-hydroxylation sites is 2. The second kappa shape index (κ2) is 6.63. The quantitative estimate of drug-likeness (QED) is 0.850. The number of carboxylic acid groups (broad SMARTS) is 1. The molecule has 1 unspecified atom stereocenters. The highest BCUT2D eigenvalue weighted by atomic mass is 16.5. The Bertz CT molecular complexity index is 462. The van der Waals surface area contributed by atoms with E-state index in [0.717, 1.165) is 0 Å². The Morgan fingerprint density at radius 3 is 2.58 bits per heavy atom. The van der Waals surface area contributed by atoms with Crippen molar-refractivity contribution in [3.05, 3.63) is 24.3 Å². The summed E-state index contributed by atoms with van der Waals surface area (Å²) in [7, 11) is 3.07. The number of aliphatic carboxylic acids is 1. The summed E-state index contributed by atoms with van der Waals surface area (Å²) < 4.78 is 5.16. The molecule has 0 fully saturated rings. The highest BCUT2D eigenvalue weighted by Crippen LogP contribution is 2.26. The lowest BCUT2D eigenvalue weighted by Crippen LogP contribution is -2.46. The van der Waals surface area contributed by atoms with Crippen LogP contribution in [0.2, 0.25) is 0 Å². The predicted molar refractivity (Wildman–Crippen MR) is 71.6 cm³/mol. The van der Waals surface area contributed by atoms with Crippen LogP contribution >= 0.6 is 0 Å². The van der Waals surface area contributed by atoms with Gasteiger partial charge in [0.15, 0.2) is 0 Å². The molecule has 0 bridgehead atoms. The molecule has 0 heterocycles. The lowest BCUT2D eigenvalue weighted by Gasteiger charge is -2.22. The molecule has 1 aromatic rings. The molecule has 0 radical (unpaired) electrons. The standard InChI is InChI=1S/C13H18N2O4/c1-4-9(12(16)17)14-13(18)15(2)10-7-5-6-8-11(10)19-3/h5-9H,4H2,1-3H3,(H,14,18)(H,16,17). The molecule has 6 nitrogen and oxygen atoms in total. The van der Waals surface area contributed by atoms with E-state index in [0.29, 0.717) is 17.9 Å². The zero-order valence-electron chi connectivity index (χ0n) is 11.2. The van der Waals surface area contributed by atoms with Gasteiger partial charge in [-0.25, -0.2) is 9.59 Å². The van der Waals surface area contributed by atoms with Gasteiger partial charge < -0.3 is 15.2 Å². The zero-order chi connectivity index (χ0) is 14.4. The molecule has 1 atom stereocenters. The summed E-state index contributed by atoms with van der Waals surface area (Å²) in [5.41, 5.74) is 0.572. The van der Waals surface area contributed by atoms with Crippen LogP contribution in [0.5, 0.6) is 5.75 Å². The van der Waals surface area contributed by atoms with Crippen LogP contribution in [0.15, 0.2) is 24.3 Å². The number of nitrogens with one attached hydrogen (secondary N) is 1. The van der Waals surface area contributed by atoms with Crippen LogP contribution in [-0.4, -0.2) is 37.3 Å². The molecule has 19 heavy (non-hydrogen) atoms. The third kappa shape index (κ3) is 3.61. The first-order chi connectivity index (χ1) is 9.01. The van der Waals surface area contributed by atoms with Crippen molar-refractivity contribution in [1.82, 2.24) is 5.32 Å². The first-order valence-corrected chi connectivity index (χ1v) is 5.91. The van der Waals surface area contributed by atoms with E-state index in [-0.39, 0.29) is 0 Å². The molecule has 0 saturated heterocycles. The lowest BCUT2D eigenvalue weighted by atomic mass is 10.2. The molecule has 6 heteroatoms. The molecule has 0 spiro atoms. The Morgan fingerprint density at radius 2 is 2.05 bits per heavy atom. The van der Waals surface area contributed by atoms with Gasteiger partial charge in [-0.2, -0.15) is 0 Å². The van der Waals surface area contributed by atoms with Crippen molar-refractivity contribution in [2.75, 3.05) is 19.1 Å². The largest absolute Gasteiger partial charge is 0.495 e. The van der Waals surface area contributed by atoms with Gasteiger partial charge in [0, 0.05) is 7.05 Å². The number of nitrogens with zero attached hydrogens (tertiary/aromatic N) is 1. The molecule has 0 aliphatic heterocycles. The van der Waals surface area contributed by atoms with Crippen molar-refractivity contribution >= 4 is 17.7 Å². The number of hydrogen-bond donors (Lipinski definition) is 2. The summed E-state index contributed by atoms with van der Waals surface area (Å²) in [5, 5.41) is 11.4. The maximum absolute atomic E-state index is 12.0. The van der Waals surface area contributed by atoms with Gasteiger partial charge in [-0.05, 0) is 18.6 Å². The highest BCUT2D eigenvalue weighted by Gasteiger charge is 2.21. The minimum Gasteiger partial charge on any atom is -0.495 e. The molecule has 2 N–H and O–H groups in total. The summed E-state index contributed by atoms with van der Waals surface area (Å²) in [5.74, 6) is -0.507. The van der Waals surface area contributed by atoms with E-state index in [1.54, 1.807) is 38.2 Å². The van der Waals surface area contributed by atoms with Gasteiger partial charge in [0.25, 0.3) is 0 Å². The van der Waals surface area contributed by atoms with Crippen molar-refractivity contribution in [2.45, 2.75) is 19.4 Å². The topological polar surface area (TPSA) is 78.9 Å². The van der Waals surface area contributed by atoms with Crippen molar-refractivity contribution in [2.24, 2.45) is 0 Å². The van der Waals surface area contributed by atoms with Crippen LogP contribution in [0, 0.1) is 0 Å². The van der Waals surface area contributed by atoms with Crippen LogP contribution in [0.4, 0.5) is 10.5 Å². The van der Waals surface area contributed by atoms with Gasteiger partial charge in [0.05, 0.1) is 12.8 Å². The minimum absolute atomic E-state index is 0.320. The number of carboxylic acids is 1. The number of hydrogen-bond acceptors (Lipinski definition) is 3. The number of rotatable bonds is 5. The first-order valence-electron chi connectivity index (χ1n) is 5.91. The Hall–Kier alpha value is -2.24. The third-order valence-corrected chi connectivity index (χ3v) is 2.76. The Balaban J connectivity index is 2.84. The maximum atomic E-state index is 12.0. The molecule has 1 aromatic carbocycles. The first kappa shape index (κ1) is 14.8. The number of urea groups is 1. The van der Waals surface area contributed by atoms with Gasteiger partial charge in [0.1, 0.15) is 11.8 Å². The fourth-order valence-corrected chi connectivity index (χ4v) is 1.60. The normalized spacial score (nSPS) is 11.5. The SMILES string of the molecule is CCC(NC(=O)N(C)c1ccccc1OC)C(=O)O. The number of amides is 2. The molecule has 104 valence electrons. The number of carbonyl (C=O) groups excluding carboxylic acids is 1. The number of ether oxygens (including phenoxy) is 1. The number of anilines is 1. The predicted octanol–water partition coefficient (Wildman–Crippen LogP) is 1.70. The van der Waals surface area contributed by atoms with Gasteiger partial charge in [0.2, 0.25) is 0 Å². The van der Waals surface area contributed by atoms with Gasteiger partial charge in [-0.1, -0.05) is 19.1 Å². The second-order valence-electron chi connectivity index (χ2n) is 3.98. The van der Waals surface area contributed by atoms with E-state index in [2.05, 4.69) is 5.32 Å². The summed E-state index contributed by atoms with van der Waals surface area (Å²) in [4.78, 5) is 24.2. The van der Waals surface area contributed by atoms with Gasteiger partial charge in [-0.3, -0.25) is 4.90 Å². The van der Waals surface area contributed by atoms with Crippen molar-refractivity contribution in [3.8, 4) is 5.75 Å². The molecule has 0 saturated carbocycles. The van der Waals surface area contributed by atoms with Crippen molar-refractivity contribution < 1.29 is 19.4 Å². The van der Waals surface area contributed by atoms with E-state index < -0.39 is 18.0 Å². The smallest absolute Gasteiger partial charge is 0.326 e. The summed E-state index contributed by atoms with van der Waals surface area (Å²) in [6.45, 7) is 1.70. The van der Waals surface area contributed by atoms with Crippen molar-refractivity contribution in [3.63, 3.8) is 0 Å². The molecule has 2 amide bonds. The van der Waals surface area contributed by atoms with Crippen molar-refractivity contribution in [1.29, 1.82) is 0 Å². The molecular formula is C13H18N2O4. The zero-order valence-corrected chi connectivity index (χ0v) is 11.2. The van der Waals surface area contributed by atoms with E-state index in [1.165, 1.54) is 12.0 Å². The van der Waals surface area contributed by atoms with Crippen LogP contribution in [0.1, 0.15) is 13.3 Å². The molecule has 0 aliphatic carbocycles. The number of carbonyl (C=O) groups is 2. The highest BCUT2D eigenvalue weighted by molar-refractivity contribution is 5.95. The van der Waals surface area contributed by atoms with Crippen LogP contribution < -0.4 is 15.0 Å². The lowest BCUT2D eigenvalue weighted by molar-refractivity contribution is -0.139. The minimum atomic E-state index is -1.05.